The number of imidazole rings is 1. The van der Waals surface area contributed by atoms with Gasteiger partial charge in [0.15, 0.2) is 0 Å². The molecule has 1 aliphatic heterocycles. The maximum Gasteiger partial charge on any atom is 0.137 e. The number of hydrogen-bond donors (Lipinski definition) is 0. The van der Waals surface area contributed by atoms with Crippen LogP contribution in [-0.4, -0.2) is 40.7 Å². The Hall–Kier alpha value is -2.54. The van der Waals surface area contributed by atoms with Gasteiger partial charge in [0, 0.05) is 32.0 Å². The van der Waals surface area contributed by atoms with Gasteiger partial charge in [-0.25, -0.2) is 14.6 Å². The molecule has 0 radical (unpaired) electrons. The molecule has 4 heterocycles. The zero-order chi connectivity index (χ0) is 14.8. The van der Waals surface area contributed by atoms with Crippen molar-refractivity contribution >= 4 is 0 Å². The van der Waals surface area contributed by atoms with E-state index in [1.807, 2.05) is 29.3 Å². The van der Waals surface area contributed by atoms with Crippen LogP contribution in [0.5, 0.6) is 0 Å². The molecule has 0 unspecified atom stereocenters. The van der Waals surface area contributed by atoms with Gasteiger partial charge in [-0.05, 0) is 11.6 Å². The molecule has 4 rings (SSSR count). The number of rotatable bonds is 4. The average Bonchev–Trinajstić information content (AvgIpc) is 3.19. The summed E-state index contributed by atoms with van der Waals surface area (Å²) in [4.78, 5) is 15.1. The SMILES string of the molecule is c1cncc(CN2CCn3c(Cn4cncn4)cnc3C2)c1. The van der Waals surface area contributed by atoms with Gasteiger partial charge in [-0.15, -0.1) is 0 Å². The molecule has 0 aromatic carbocycles. The normalized spacial score (nSPS) is 14.9. The maximum atomic E-state index is 4.57. The Morgan fingerprint density at radius 1 is 1.09 bits per heavy atom. The van der Waals surface area contributed by atoms with E-state index in [2.05, 4.69) is 35.6 Å². The number of hydrogen-bond acceptors (Lipinski definition) is 5. The fourth-order valence-corrected chi connectivity index (χ4v) is 2.86. The van der Waals surface area contributed by atoms with Crippen molar-refractivity contribution < 1.29 is 0 Å². The molecule has 0 fully saturated rings. The second kappa shape index (κ2) is 5.69. The molecular weight excluding hydrogens is 278 g/mol. The van der Waals surface area contributed by atoms with Crippen LogP contribution in [0.4, 0.5) is 0 Å². The number of pyridine rings is 1. The van der Waals surface area contributed by atoms with E-state index in [1.165, 1.54) is 11.3 Å². The Kier molecular flexibility index (Phi) is 3.40. The van der Waals surface area contributed by atoms with Gasteiger partial charge >= 0.3 is 0 Å². The molecule has 0 N–H and O–H groups in total. The molecule has 7 nitrogen and oxygen atoms in total. The van der Waals surface area contributed by atoms with Crippen molar-refractivity contribution in [1.82, 2.24) is 34.2 Å². The molecule has 0 atom stereocenters. The van der Waals surface area contributed by atoms with Crippen LogP contribution in [0.25, 0.3) is 0 Å². The summed E-state index contributed by atoms with van der Waals surface area (Å²) in [5, 5.41) is 4.16. The van der Waals surface area contributed by atoms with Crippen molar-refractivity contribution in [3.63, 3.8) is 0 Å². The quantitative estimate of drug-likeness (QED) is 0.716. The van der Waals surface area contributed by atoms with E-state index in [0.29, 0.717) is 0 Å². The zero-order valence-electron chi connectivity index (χ0n) is 12.2. The molecule has 0 spiro atoms. The minimum Gasteiger partial charge on any atom is -0.328 e. The average molecular weight is 295 g/mol. The molecule has 0 aliphatic carbocycles. The predicted molar refractivity (Wildman–Crippen MR) is 79.7 cm³/mol. The van der Waals surface area contributed by atoms with E-state index in [-0.39, 0.29) is 0 Å². The summed E-state index contributed by atoms with van der Waals surface area (Å²) in [5.74, 6) is 1.12. The highest BCUT2D eigenvalue weighted by Gasteiger charge is 2.20. The monoisotopic (exact) mass is 295 g/mol. The third-order valence-corrected chi connectivity index (χ3v) is 3.95. The minimum atomic E-state index is 0.718. The van der Waals surface area contributed by atoms with Crippen molar-refractivity contribution in [2.75, 3.05) is 6.54 Å². The van der Waals surface area contributed by atoms with E-state index < -0.39 is 0 Å². The first-order valence-corrected chi connectivity index (χ1v) is 7.35. The number of fused-ring (bicyclic) bond motifs is 1. The van der Waals surface area contributed by atoms with Crippen molar-refractivity contribution in [3.05, 3.63) is 60.5 Å². The molecule has 1 aliphatic rings. The number of aromatic nitrogens is 6. The molecule has 22 heavy (non-hydrogen) atoms. The van der Waals surface area contributed by atoms with Gasteiger partial charge in [-0.3, -0.25) is 9.88 Å². The molecule has 3 aromatic heterocycles. The Labute approximate surface area is 128 Å². The highest BCUT2D eigenvalue weighted by molar-refractivity contribution is 5.11. The summed E-state index contributed by atoms with van der Waals surface area (Å²) in [7, 11) is 0. The fourth-order valence-electron chi connectivity index (χ4n) is 2.86. The van der Waals surface area contributed by atoms with E-state index in [4.69, 9.17) is 0 Å². The highest BCUT2D eigenvalue weighted by atomic mass is 15.3. The highest BCUT2D eigenvalue weighted by Crippen LogP contribution is 2.16. The van der Waals surface area contributed by atoms with Gasteiger partial charge in [0.05, 0.1) is 25.0 Å². The van der Waals surface area contributed by atoms with Crippen molar-refractivity contribution in [1.29, 1.82) is 0 Å². The van der Waals surface area contributed by atoms with Gasteiger partial charge in [0.25, 0.3) is 0 Å². The van der Waals surface area contributed by atoms with Crippen LogP contribution in [0.2, 0.25) is 0 Å². The molecule has 0 amide bonds. The van der Waals surface area contributed by atoms with E-state index in [9.17, 15) is 0 Å². The molecule has 0 bridgehead atoms. The van der Waals surface area contributed by atoms with Crippen LogP contribution < -0.4 is 0 Å². The zero-order valence-corrected chi connectivity index (χ0v) is 12.2. The number of nitrogens with zero attached hydrogens (tertiary/aromatic N) is 7. The lowest BCUT2D eigenvalue weighted by Crippen LogP contribution is -2.34. The molecule has 7 heteroatoms. The summed E-state index contributed by atoms with van der Waals surface area (Å²) >= 11 is 0. The van der Waals surface area contributed by atoms with Crippen molar-refractivity contribution in [2.24, 2.45) is 0 Å². The third-order valence-electron chi connectivity index (χ3n) is 3.95. The minimum absolute atomic E-state index is 0.718. The van der Waals surface area contributed by atoms with Crippen LogP contribution in [0.3, 0.4) is 0 Å². The summed E-state index contributed by atoms with van der Waals surface area (Å²) in [6.07, 6.45) is 8.98. The summed E-state index contributed by atoms with van der Waals surface area (Å²) in [6.45, 7) is 4.48. The van der Waals surface area contributed by atoms with E-state index in [1.54, 1.807) is 12.7 Å². The first-order chi connectivity index (χ1) is 10.9. The van der Waals surface area contributed by atoms with Crippen LogP contribution in [0.1, 0.15) is 17.1 Å². The van der Waals surface area contributed by atoms with E-state index in [0.717, 1.165) is 38.5 Å². The lowest BCUT2D eigenvalue weighted by Gasteiger charge is -2.28. The van der Waals surface area contributed by atoms with E-state index >= 15 is 0 Å². The van der Waals surface area contributed by atoms with Gasteiger partial charge in [0.2, 0.25) is 0 Å². The van der Waals surface area contributed by atoms with Gasteiger partial charge < -0.3 is 4.57 Å². The fraction of sp³-hybridized carbons (Fsp3) is 0.333. The molecule has 0 saturated carbocycles. The summed E-state index contributed by atoms with van der Waals surface area (Å²) < 4.78 is 4.12. The topological polar surface area (TPSA) is 64.7 Å². The largest absolute Gasteiger partial charge is 0.328 e. The maximum absolute atomic E-state index is 4.57. The van der Waals surface area contributed by atoms with Gasteiger partial charge in [-0.2, -0.15) is 5.10 Å². The van der Waals surface area contributed by atoms with Crippen molar-refractivity contribution in [3.8, 4) is 0 Å². The van der Waals surface area contributed by atoms with Crippen LogP contribution in [-0.2, 0) is 26.2 Å². The predicted octanol–water partition coefficient (Wildman–Crippen LogP) is 0.934. The van der Waals surface area contributed by atoms with Crippen LogP contribution in [0.15, 0.2) is 43.4 Å². The van der Waals surface area contributed by atoms with Crippen LogP contribution in [0, 0.1) is 0 Å². The molecule has 112 valence electrons. The standard InChI is InChI=1S/C15H17N7/c1-2-13(6-16-3-1)8-20-4-5-22-14(7-18-15(22)10-20)9-21-12-17-11-19-21/h1-3,6-7,11-12H,4-5,8-10H2. The summed E-state index contributed by atoms with van der Waals surface area (Å²) in [5.41, 5.74) is 2.42. The Bertz CT molecular complexity index is 733. The molecule has 3 aromatic rings. The second-order valence-electron chi connectivity index (χ2n) is 5.48. The summed E-state index contributed by atoms with van der Waals surface area (Å²) in [6, 6.07) is 4.10. The lowest BCUT2D eigenvalue weighted by atomic mass is 10.2. The molecule has 0 saturated heterocycles. The van der Waals surface area contributed by atoms with Gasteiger partial charge in [-0.1, -0.05) is 6.07 Å². The third kappa shape index (κ3) is 2.62. The Morgan fingerprint density at radius 2 is 2.09 bits per heavy atom. The Balaban J connectivity index is 1.47. The van der Waals surface area contributed by atoms with Crippen molar-refractivity contribution in [2.45, 2.75) is 26.2 Å². The lowest BCUT2D eigenvalue weighted by molar-refractivity contribution is 0.206. The Morgan fingerprint density at radius 3 is 2.91 bits per heavy atom. The molecular formula is C15H17N7. The first-order valence-electron chi connectivity index (χ1n) is 7.35. The van der Waals surface area contributed by atoms with Gasteiger partial charge in [0.1, 0.15) is 18.5 Å². The van der Waals surface area contributed by atoms with Crippen LogP contribution >= 0.6 is 0 Å². The first kappa shape index (κ1) is 13.1. The smallest absolute Gasteiger partial charge is 0.137 e. The second-order valence-corrected chi connectivity index (χ2v) is 5.48.